The Morgan fingerprint density at radius 3 is 1.63 bits per heavy atom. The van der Waals surface area contributed by atoms with Crippen molar-refractivity contribution in [3.8, 4) is 5.75 Å². The van der Waals surface area contributed by atoms with Gasteiger partial charge < -0.3 is 10.2 Å². The molecule has 0 spiro atoms. The summed E-state index contributed by atoms with van der Waals surface area (Å²) in [6.45, 7) is 8.66. The number of rotatable bonds is 2. The summed E-state index contributed by atoms with van der Waals surface area (Å²) in [6, 6.07) is 7.57. The van der Waals surface area contributed by atoms with Gasteiger partial charge in [0.1, 0.15) is 5.75 Å². The summed E-state index contributed by atoms with van der Waals surface area (Å²) in [5.74, 6) is 0.919. The molecule has 0 aliphatic heterocycles. The zero-order valence-corrected chi connectivity index (χ0v) is 17.0. The van der Waals surface area contributed by atoms with Crippen molar-refractivity contribution in [2.45, 2.75) is 48.0 Å². The Kier molecular flexibility index (Phi) is 24.6. The molecule has 0 atom stereocenters. The van der Waals surface area contributed by atoms with Crippen molar-refractivity contribution in [1.29, 1.82) is 0 Å². The van der Waals surface area contributed by atoms with E-state index in [-0.39, 0.29) is 62.4 Å². The monoisotopic (exact) mass is 610 g/mol. The van der Waals surface area contributed by atoms with Crippen LogP contribution in [0.15, 0.2) is 24.3 Å². The van der Waals surface area contributed by atoms with Crippen molar-refractivity contribution in [2.75, 3.05) is 7.11 Å². The van der Waals surface area contributed by atoms with Crippen LogP contribution < -0.4 is 0 Å². The Morgan fingerprint density at radius 2 is 1.32 bits per heavy atom. The number of para-hydroxylation sites is 1. The smallest absolute Gasteiger partial charge is 0.119 e. The minimum Gasteiger partial charge on any atom is -0.508 e. The number of aliphatic hydroxyl groups is 1. The molecule has 0 saturated heterocycles. The van der Waals surface area contributed by atoms with E-state index in [0.29, 0.717) is 11.7 Å². The molecule has 2 N–H and O–H groups in total. The molecular weight excluding hydrogens is 580 g/mol. The first kappa shape index (κ1) is 31.6. The molecule has 0 heterocycles. The number of phenols is 1. The Morgan fingerprint density at radius 1 is 0.947 bits per heavy atom. The van der Waals surface area contributed by atoms with Crippen LogP contribution in [-0.4, -0.2) is 17.3 Å². The topological polar surface area (TPSA) is 40.5 Å². The van der Waals surface area contributed by atoms with Gasteiger partial charge in [-0.25, -0.2) is 0 Å². The number of hydrogen-bond acceptors (Lipinski definition) is 2. The summed E-state index contributed by atoms with van der Waals surface area (Å²) in [5, 5.41) is 16.7. The van der Waals surface area contributed by atoms with Crippen LogP contribution in [0.2, 0.25) is 0 Å². The molecular formula is C15H30O2W2. The van der Waals surface area contributed by atoms with E-state index < -0.39 is 0 Å². The van der Waals surface area contributed by atoms with Crippen LogP contribution in [-0.2, 0) is 47.5 Å². The molecule has 0 fully saturated rings. The molecule has 19 heavy (non-hydrogen) atoms. The molecule has 4 heteroatoms. The average molecular weight is 610 g/mol. The van der Waals surface area contributed by atoms with E-state index in [4.69, 9.17) is 5.11 Å². The van der Waals surface area contributed by atoms with Gasteiger partial charge in [-0.05, 0) is 23.0 Å². The van der Waals surface area contributed by atoms with Crippen molar-refractivity contribution in [3.05, 3.63) is 29.8 Å². The summed E-state index contributed by atoms with van der Waals surface area (Å²) in [7, 11) is 1.00. The van der Waals surface area contributed by atoms with Crippen LogP contribution in [0.3, 0.4) is 0 Å². The number of hydrogen-bond donors (Lipinski definition) is 2. The quantitative estimate of drug-likeness (QED) is 0.528. The fourth-order valence-electron chi connectivity index (χ4n) is 1.33. The minimum absolute atomic E-state index is 0. The largest absolute Gasteiger partial charge is 0.508 e. The van der Waals surface area contributed by atoms with E-state index in [0.717, 1.165) is 12.7 Å². The van der Waals surface area contributed by atoms with Gasteiger partial charge in [0, 0.05) is 49.2 Å². The van der Waals surface area contributed by atoms with E-state index >= 15 is 0 Å². The van der Waals surface area contributed by atoms with Crippen molar-refractivity contribution in [3.63, 3.8) is 0 Å². The molecule has 0 radical (unpaired) electrons. The average Bonchev–Trinajstić information content (AvgIpc) is 2.21. The molecule has 1 rings (SSSR count). The van der Waals surface area contributed by atoms with Crippen LogP contribution in [0.4, 0.5) is 0 Å². The summed E-state index contributed by atoms with van der Waals surface area (Å²) < 4.78 is 0. The van der Waals surface area contributed by atoms with Gasteiger partial charge in [-0.15, -0.1) is 0 Å². The molecule has 0 aliphatic carbocycles. The van der Waals surface area contributed by atoms with E-state index in [9.17, 15) is 5.11 Å². The number of aromatic hydroxyl groups is 1. The zero-order chi connectivity index (χ0) is 12.1. The zero-order valence-electron chi connectivity index (χ0n) is 11.1. The molecule has 2 nitrogen and oxygen atoms in total. The predicted octanol–water partition coefficient (Wildman–Crippen LogP) is 4.20. The SMILES string of the molecule is C.C.CC(C)C(C)(C)c1ccccc1O.CO.[W].[W]. The van der Waals surface area contributed by atoms with Gasteiger partial charge in [0.15, 0.2) is 0 Å². The molecule has 0 aliphatic rings. The number of benzene rings is 1. The van der Waals surface area contributed by atoms with Crippen molar-refractivity contribution in [1.82, 2.24) is 0 Å². The molecule has 0 amide bonds. The second-order valence-electron chi connectivity index (χ2n) is 4.39. The van der Waals surface area contributed by atoms with Crippen molar-refractivity contribution < 1.29 is 52.3 Å². The molecule has 1 aromatic rings. The number of phenolic OH excluding ortho intramolecular Hbond substituents is 1. The van der Waals surface area contributed by atoms with Gasteiger partial charge >= 0.3 is 0 Å². The summed E-state index contributed by atoms with van der Waals surface area (Å²) in [5.41, 5.74) is 1.07. The van der Waals surface area contributed by atoms with E-state index in [2.05, 4.69) is 27.7 Å². The predicted molar refractivity (Wildman–Crippen MR) is 77.6 cm³/mol. The Hall–Kier alpha value is 0.357. The van der Waals surface area contributed by atoms with E-state index in [1.807, 2.05) is 18.2 Å². The van der Waals surface area contributed by atoms with Crippen LogP contribution in [0.25, 0.3) is 0 Å². The van der Waals surface area contributed by atoms with Crippen molar-refractivity contribution in [2.24, 2.45) is 5.92 Å². The second-order valence-corrected chi connectivity index (χ2v) is 4.39. The molecule has 0 unspecified atom stereocenters. The fourth-order valence-corrected chi connectivity index (χ4v) is 1.33. The number of aliphatic hydroxyl groups excluding tert-OH is 1. The van der Waals surface area contributed by atoms with Gasteiger partial charge in [-0.3, -0.25) is 0 Å². The maximum Gasteiger partial charge on any atom is 0.119 e. The third-order valence-electron chi connectivity index (χ3n) is 3.04. The molecule has 114 valence electrons. The third-order valence-corrected chi connectivity index (χ3v) is 3.04. The minimum atomic E-state index is 0. The van der Waals surface area contributed by atoms with Crippen LogP contribution in [0, 0.1) is 5.92 Å². The maximum absolute atomic E-state index is 9.70. The summed E-state index contributed by atoms with van der Waals surface area (Å²) in [6.07, 6.45) is 0. The first-order chi connectivity index (χ1) is 6.96. The van der Waals surface area contributed by atoms with Crippen LogP contribution in [0.5, 0.6) is 5.75 Å². The van der Waals surface area contributed by atoms with Gasteiger partial charge in [0.05, 0.1) is 0 Å². The Balaban J connectivity index is -0.000000104. The van der Waals surface area contributed by atoms with Crippen LogP contribution >= 0.6 is 0 Å². The normalized spacial score (nSPS) is 8.58. The molecule has 0 aromatic heterocycles. The van der Waals surface area contributed by atoms with Gasteiger partial charge in [-0.1, -0.05) is 60.7 Å². The molecule has 1 aromatic carbocycles. The van der Waals surface area contributed by atoms with E-state index in [1.165, 1.54) is 0 Å². The van der Waals surface area contributed by atoms with Crippen molar-refractivity contribution >= 4 is 0 Å². The summed E-state index contributed by atoms with van der Waals surface area (Å²) in [4.78, 5) is 0. The van der Waals surface area contributed by atoms with Crippen LogP contribution in [0.1, 0.15) is 48.1 Å². The second kappa shape index (κ2) is 14.8. The van der Waals surface area contributed by atoms with Gasteiger partial charge in [-0.2, -0.15) is 0 Å². The summed E-state index contributed by atoms with van der Waals surface area (Å²) >= 11 is 0. The third kappa shape index (κ3) is 9.00. The Bertz CT molecular complexity index is 300. The van der Waals surface area contributed by atoms with E-state index in [1.54, 1.807) is 6.07 Å². The van der Waals surface area contributed by atoms with Gasteiger partial charge in [0.25, 0.3) is 0 Å². The first-order valence-electron chi connectivity index (χ1n) is 5.19. The Labute approximate surface area is 148 Å². The molecule has 0 saturated carbocycles. The van der Waals surface area contributed by atoms with Gasteiger partial charge in [0.2, 0.25) is 0 Å². The maximum atomic E-state index is 9.70. The standard InChI is InChI=1S/C12H18O.CH4O.2CH4.2W/c1-9(2)12(3,4)10-7-5-6-8-11(10)13;1-2;;;;/h5-9,13H,1-4H3;2H,1H3;2*1H4;;. The molecule has 0 bridgehead atoms. The first-order valence-corrected chi connectivity index (χ1v) is 5.19. The fraction of sp³-hybridized carbons (Fsp3) is 0.600.